The monoisotopic (exact) mass is 666 g/mol. The lowest BCUT2D eigenvalue weighted by atomic mass is 10.1. The van der Waals surface area contributed by atoms with E-state index in [4.69, 9.17) is 18.8 Å². The highest BCUT2D eigenvalue weighted by Gasteiger charge is 2.27. The molecule has 6 heteroatoms. The number of nitrogens with zero attached hydrogens (tertiary/aromatic N) is 4. The van der Waals surface area contributed by atoms with Crippen LogP contribution in [0.15, 0.2) is 167 Å². The Morgan fingerprint density at radius 3 is 1.71 bits per heavy atom. The molecule has 12 aromatic rings. The molecule has 0 aliphatic carbocycles. The number of benzene rings is 7. The number of fused-ring (bicyclic) bond motifs is 13. The van der Waals surface area contributed by atoms with E-state index in [9.17, 15) is 0 Å². The second-order valence-electron chi connectivity index (χ2n) is 13.3. The molecule has 0 aliphatic rings. The molecule has 0 fully saturated rings. The molecule has 7 aromatic carbocycles. The van der Waals surface area contributed by atoms with Gasteiger partial charge in [0.15, 0.2) is 5.82 Å². The molecule has 0 atom stereocenters. The molecule has 0 N–H and O–H groups in total. The molecule has 0 saturated heterocycles. The van der Waals surface area contributed by atoms with Gasteiger partial charge in [-0.05, 0) is 42.5 Å². The van der Waals surface area contributed by atoms with Gasteiger partial charge in [0.2, 0.25) is 5.71 Å². The normalized spacial score (nSPS) is 12.2. The zero-order chi connectivity index (χ0) is 33.9. The molecule has 5 aromatic heterocycles. The van der Waals surface area contributed by atoms with Crippen molar-refractivity contribution < 1.29 is 8.83 Å². The van der Waals surface area contributed by atoms with E-state index < -0.39 is 0 Å². The fourth-order valence-corrected chi connectivity index (χ4v) is 8.34. The van der Waals surface area contributed by atoms with Crippen LogP contribution in [0.25, 0.3) is 111 Å². The van der Waals surface area contributed by atoms with Gasteiger partial charge in [0, 0.05) is 37.9 Å². The van der Waals surface area contributed by atoms with E-state index in [2.05, 4.69) is 124 Å². The van der Waals surface area contributed by atoms with Crippen molar-refractivity contribution >= 4 is 87.7 Å². The molecule has 5 heterocycles. The fraction of sp³-hybridized carbons (Fsp3) is 0. The van der Waals surface area contributed by atoms with Crippen LogP contribution in [-0.2, 0) is 0 Å². The topological polar surface area (TPSA) is 61.9 Å². The van der Waals surface area contributed by atoms with Crippen molar-refractivity contribution in [1.82, 2.24) is 19.1 Å². The average molecular weight is 667 g/mol. The number of hydrogen-bond donors (Lipinski definition) is 0. The Bertz CT molecular complexity index is 3360. The molecule has 0 amide bonds. The third kappa shape index (κ3) is 3.62. The summed E-state index contributed by atoms with van der Waals surface area (Å²) in [5, 5.41) is 7.56. The highest BCUT2D eigenvalue weighted by atomic mass is 16.3. The maximum atomic E-state index is 6.83. The molecule has 0 saturated carbocycles. The standard InChI is InChI=1S/C46H26N4O2/c1-2-14-27(15-3-1)41-45(47-42-32-20-8-13-25-39(32)52-46(42)48-41)50-36-23-11-6-19-31(36)40-43(50)37(26-33-30-18-7-12-24-38(30)51-44(33)40)49-34-21-9-4-16-28(34)29-17-5-10-22-35(29)49/h1-26H. The first-order valence-corrected chi connectivity index (χ1v) is 17.4. The number of furan rings is 2. The van der Waals surface area contributed by atoms with E-state index in [0.717, 1.165) is 88.2 Å². The molecule has 0 unspecified atom stereocenters. The lowest BCUT2D eigenvalue weighted by molar-refractivity contribution is 0.653. The van der Waals surface area contributed by atoms with E-state index in [1.54, 1.807) is 0 Å². The molecule has 242 valence electrons. The molecule has 0 aliphatic heterocycles. The Kier molecular flexibility index (Phi) is 5.41. The number of aromatic nitrogens is 4. The summed E-state index contributed by atoms with van der Waals surface area (Å²) in [6.07, 6.45) is 0. The smallest absolute Gasteiger partial charge is 0.247 e. The zero-order valence-electron chi connectivity index (χ0n) is 27.6. The largest absolute Gasteiger partial charge is 0.455 e. The maximum Gasteiger partial charge on any atom is 0.247 e. The van der Waals surface area contributed by atoms with Gasteiger partial charge < -0.3 is 13.4 Å². The first-order valence-electron chi connectivity index (χ1n) is 17.4. The van der Waals surface area contributed by atoms with Crippen molar-refractivity contribution in [2.75, 3.05) is 0 Å². The van der Waals surface area contributed by atoms with E-state index in [1.165, 1.54) is 10.8 Å². The molecule has 0 spiro atoms. The first-order chi connectivity index (χ1) is 25.8. The minimum absolute atomic E-state index is 0.506. The Balaban J connectivity index is 1.36. The van der Waals surface area contributed by atoms with E-state index in [-0.39, 0.29) is 0 Å². The van der Waals surface area contributed by atoms with Crippen molar-refractivity contribution in [2.24, 2.45) is 0 Å². The predicted molar refractivity (Wildman–Crippen MR) is 211 cm³/mol. The second kappa shape index (κ2) is 10.2. The lowest BCUT2D eigenvalue weighted by Crippen LogP contribution is -2.05. The summed E-state index contributed by atoms with van der Waals surface area (Å²) < 4.78 is 17.9. The van der Waals surface area contributed by atoms with Gasteiger partial charge in [-0.25, -0.2) is 9.97 Å². The minimum Gasteiger partial charge on any atom is -0.455 e. The van der Waals surface area contributed by atoms with Gasteiger partial charge in [-0.2, -0.15) is 0 Å². The summed E-state index contributed by atoms with van der Waals surface area (Å²) in [4.78, 5) is 10.8. The van der Waals surface area contributed by atoms with Crippen LogP contribution < -0.4 is 0 Å². The summed E-state index contributed by atoms with van der Waals surface area (Å²) in [7, 11) is 0. The summed E-state index contributed by atoms with van der Waals surface area (Å²) in [6, 6.07) is 54.8. The van der Waals surface area contributed by atoms with E-state index in [0.29, 0.717) is 11.5 Å². The lowest BCUT2D eigenvalue weighted by Gasteiger charge is -2.16. The van der Waals surface area contributed by atoms with Gasteiger partial charge >= 0.3 is 0 Å². The summed E-state index contributed by atoms with van der Waals surface area (Å²) in [5.41, 5.74) is 10.6. The summed E-state index contributed by atoms with van der Waals surface area (Å²) in [5.74, 6) is 0.717. The Morgan fingerprint density at radius 2 is 1.00 bits per heavy atom. The molecule has 0 radical (unpaired) electrons. The number of para-hydroxylation sites is 5. The van der Waals surface area contributed by atoms with Gasteiger partial charge in [-0.1, -0.05) is 115 Å². The van der Waals surface area contributed by atoms with Crippen molar-refractivity contribution in [2.45, 2.75) is 0 Å². The molecular weight excluding hydrogens is 641 g/mol. The van der Waals surface area contributed by atoms with E-state index in [1.807, 2.05) is 42.5 Å². The third-order valence-electron chi connectivity index (χ3n) is 10.5. The van der Waals surface area contributed by atoms with E-state index >= 15 is 0 Å². The fourth-order valence-electron chi connectivity index (χ4n) is 8.34. The summed E-state index contributed by atoms with van der Waals surface area (Å²) >= 11 is 0. The van der Waals surface area contributed by atoms with Crippen molar-refractivity contribution in [1.29, 1.82) is 0 Å². The third-order valence-corrected chi connectivity index (χ3v) is 10.5. The Hall–Kier alpha value is -7.18. The molecule has 6 nitrogen and oxygen atoms in total. The Morgan fingerprint density at radius 1 is 0.442 bits per heavy atom. The summed E-state index contributed by atoms with van der Waals surface area (Å²) in [6.45, 7) is 0. The van der Waals surface area contributed by atoms with Gasteiger partial charge in [-0.3, -0.25) is 4.57 Å². The van der Waals surface area contributed by atoms with Crippen LogP contribution in [-0.4, -0.2) is 19.1 Å². The van der Waals surface area contributed by atoms with Gasteiger partial charge in [0.1, 0.15) is 28.0 Å². The minimum atomic E-state index is 0.506. The number of rotatable bonds is 3. The number of hydrogen-bond acceptors (Lipinski definition) is 4. The molecular formula is C46H26N4O2. The molecule has 0 bridgehead atoms. The van der Waals surface area contributed by atoms with Crippen LogP contribution in [0.5, 0.6) is 0 Å². The van der Waals surface area contributed by atoms with Gasteiger partial charge in [-0.15, -0.1) is 0 Å². The van der Waals surface area contributed by atoms with Crippen LogP contribution in [0.2, 0.25) is 0 Å². The first kappa shape index (κ1) is 27.6. The quantitative estimate of drug-likeness (QED) is 0.188. The van der Waals surface area contributed by atoms with Crippen molar-refractivity contribution in [3.05, 3.63) is 158 Å². The predicted octanol–water partition coefficient (Wildman–Crippen LogP) is 12.1. The SMILES string of the molecule is c1ccc(-c2nc3oc4ccccc4c3nc2-n2c3ccccc3c3c4oc5ccccc5c4cc(-n4c5ccccc5c5ccccc54)c32)cc1. The highest BCUT2D eigenvalue weighted by molar-refractivity contribution is 6.27. The maximum absolute atomic E-state index is 6.83. The second-order valence-corrected chi connectivity index (χ2v) is 13.3. The van der Waals surface area contributed by atoms with Crippen LogP contribution in [0.1, 0.15) is 0 Å². The molecule has 12 rings (SSSR count). The van der Waals surface area contributed by atoms with Crippen LogP contribution in [0, 0.1) is 0 Å². The van der Waals surface area contributed by atoms with Gasteiger partial charge in [0.25, 0.3) is 0 Å². The average Bonchev–Trinajstić information content (AvgIpc) is 3.95. The molecule has 52 heavy (non-hydrogen) atoms. The van der Waals surface area contributed by atoms with Crippen LogP contribution in [0.3, 0.4) is 0 Å². The van der Waals surface area contributed by atoms with Crippen LogP contribution in [0.4, 0.5) is 0 Å². The van der Waals surface area contributed by atoms with Crippen molar-refractivity contribution in [3.8, 4) is 22.8 Å². The highest BCUT2D eigenvalue weighted by Crippen LogP contribution is 2.46. The van der Waals surface area contributed by atoms with Gasteiger partial charge in [0.05, 0.1) is 33.1 Å². The Labute approximate surface area is 295 Å². The zero-order valence-corrected chi connectivity index (χ0v) is 27.6. The van der Waals surface area contributed by atoms with Crippen molar-refractivity contribution in [3.63, 3.8) is 0 Å². The van der Waals surface area contributed by atoms with Crippen LogP contribution >= 0.6 is 0 Å².